The van der Waals surface area contributed by atoms with E-state index in [9.17, 15) is 0 Å². The molecule has 1 aromatic carbocycles. The highest BCUT2D eigenvalue weighted by molar-refractivity contribution is 5.37. The number of nitrogens with two attached hydrogens (primary N) is 1. The lowest BCUT2D eigenvalue weighted by atomic mass is 10.1. The van der Waals surface area contributed by atoms with Crippen LogP contribution in [0.2, 0.25) is 0 Å². The van der Waals surface area contributed by atoms with Gasteiger partial charge in [-0.05, 0) is 30.7 Å². The third-order valence-electron chi connectivity index (χ3n) is 2.93. The maximum atomic E-state index is 9.08. The normalized spacial score (nSPS) is 12.1. The molecule has 18 heavy (non-hydrogen) atoms. The van der Waals surface area contributed by atoms with Crippen LogP contribution in [-0.4, -0.2) is 10.6 Å². The molecule has 92 valence electrons. The van der Waals surface area contributed by atoms with Gasteiger partial charge in [0, 0.05) is 30.9 Å². The Labute approximate surface area is 107 Å². The molecular formula is C15H17N3. The van der Waals surface area contributed by atoms with Gasteiger partial charge in [0.2, 0.25) is 0 Å². The molecule has 1 atom stereocenters. The van der Waals surface area contributed by atoms with Gasteiger partial charge in [0.05, 0.1) is 11.6 Å². The number of nitriles is 1. The summed E-state index contributed by atoms with van der Waals surface area (Å²) in [4.78, 5) is 0. The van der Waals surface area contributed by atoms with Crippen LogP contribution in [0, 0.1) is 11.3 Å². The molecule has 2 aromatic rings. The van der Waals surface area contributed by atoms with Crippen LogP contribution in [0.1, 0.15) is 23.7 Å². The fraction of sp³-hybridized carbons (Fsp3) is 0.267. The molecule has 0 bridgehead atoms. The minimum atomic E-state index is 0.143. The molecule has 1 aromatic heterocycles. The summed E-state index contributed by atoms with van der Waals surface area (Å²) in [5.41, 5.74) is 8.82. The van der Waals surface area contributed by atoms with Gasteiger partial charge in [0.1, 0.15) is 0 Å². The Balaban J connectivity index is 2.24. The highest BCUT2D eigenvalue weighted by Crippen LogP contribution is 2.13. The van der Waals surface area contributed by atoms with Gasteiger partial charge in [-0.25, -0.2) is 0 Å². The second-order valence-electron chi connectivity index (χ2n) is 4.58. The van der Waals surface area contributed by atoms with Gasteiger partial charge in [-0.15, -0.1) is 0 Å². The van der Waals surface area contributed by atoms with Crippen molar-refractivity contribution in [2.24, 2.45) is 5.73 Å². The lowest BCUT2D eigenvalue weighted by Gasteiger charge is -2.12. The van der Waals surface area contributed by atoms with Gasteiger partial charge in [0.15, 0.2) is 0 Å². The molecule has 0 aliphatic rings. The maximum Gasteiger partial charge on any atom is 0.0995 e. The predicted molar refractivity (Wildman–Crippen MR) is 72.0 cm³/mol. The summed E-state index contributed by atoms with van der Waals surface area (Å²) in [5, 5.41) is 9.08. The monoisotopic (exact) mass is 239 g/mol. The summed E-state index contributed by atoms with van der Waals surface area (Å²) < 4.78 is 2.15. The smallest absolute Gasteiger partial charge is 0.0995 e. The second-order valence-corrected chi connectivity index (χ2v) is 4.58. The highest BCUT2D eigenvalue weighted by Gasteiger charge is 2.06. The van der Waals surface area contributed by atoms with E-state index in [1.165, 1.54) is 5.69 Å². The van der Waals surface area contributed by atoms with Gasteiger partial charge in [0.25, 0.3) is 0 Å². The van der Waals surface area contributed by atoms with E-state index < -0.39 is 0 Å². The van der Waals surface area contributed by atoms with E-state index in [1.54, 1.807) is 0 Å². The van der Waals surface area contributed by atoms with Crippen molar-refractivity contribution >= 4 is 0 Å². The fourth-order valence-corrected chi connectivity index (χ4v) is 2.07. The third-order valence-corrected chi connectivity index (χ3v) is 2.93. The zero-order valence-corrected chi connectivity index (χ0v) is 10.5. The fourth-order valence-electron chi connectivity index (χ4n) is 2.07. The first-order valence-electron chi connectivity index (χ1n) is 6.08. The lowest BCUT2D eigenvalue weighted by Crippen LogP contribution is -2.20. The van der Waals surface area contributed by atoms with Crippen molar-refractivity contribution < 1.29 is 0 Å². The van der Waals surface area contributed by atoms with Crippen LogP contribution in [0.25, 0.3) is 0 Å². The van der Waals surface area contributed by atoms with Crippen LogP contribution in [0.4, 0.5) is 0 Å². The largest absolute Gasteiger partial charge is 0.347 e. The van der Waals surface area contributed by atoms with E-state index >= 15 is 0 Å². The van der Waals surface area contributed by atoms with E-state index in [4.69, 9.17) is 11.0 Å². The van der Waals surface area contributed by atoms with Gasteiger partial charge >= 0.3 is 0 Å². The zero-order valence-electron chi connectivity index (χ0n) is 10.5. The Bertz CT molecular complexity index is 561. The molecule has 0 aliphatic carbocycles. The average Bonchev–Trinajstić information content (AvgIpc) is 2.76. The molecule has 0 spiro atoms. The van der Waals surface area contributed by atoms with Gasteiger partial charge < -0.3 is 10.3 Å². The molecule has 0 aliphatic heterocycles. The van der Waals surface area contributed by atoms with Crippen molar-refractivity contribution in [3.63, 3.8) is 0 Å². The summed E-state index contributed by atoms with van der Waals surface area (Å²) >= 11 is 0. The molecule has 2 N–H and O–H groups in total. The first-order chi connectivity index (χ1) is 8.70. The van der Waals surface area contributed by atoms with E-state index in [-0.39, 0.29) is 6.04 Å². The molecule has 1 heterocycles. The van der Waals surface area contributed by atoms with Crippen molar-refractivity contribution in [1.82, 2.24) is 4.57 Å². The maximum absolute atomic E-state index is 9.08. The number of aromatic nitrogens is 1. The number of rotatable bonds is 4. The number of hydrogen-bond acceptors (Lipinski definition) is 2. The van der Waals surface area contributed by atoms with E-state index in [0.717, 1.165) is 24.1 Å². The minimum absolute atomic E-state index is 0.143. The van der Waals surface area contributed by atoms with Crippen LogP contribution in [0.5, 0.6) is 0 Å². The SMILES string of the molecule is CC(N)Cc1cccn1Cc1ccccc1C#N. The predicted octanol–water partition coefficient (Wildman–Crippen LogP) is 2.30. The Morgan fingerprint density at radius 2 is 2.06 bits per heavy atom. The van der Waals surface area contributed by atoms with Crippen LogP contribution >= 0.6 is 0 Å². The van der Waals surface area contributed by atoms with E-state index in [0.29, 0.717) is 0 Å². The molecule has 2 rings (SSSR count). The summed E-state index contributed by atoms with van der Waals surface area (Å²) in [5.74, 6) is 0. The summed E-state index contributed by atoms with van der Waals surface area (Å²) in [6.07, 6.45) is 2.88. The third kappa shape index (κ3) is 2.79. The quantitative estimate of drug-likeness (QED) is 0.890. The second kappa shape index (κ2) is 5.52. The summed E-state index contributed by atoms with van der Waals surface area (Å²) in [6.45, 7) is 2.72. The zero-order chi connectivity index (χ0) is 13.0. The molecule has 0 radical (unpaired) electrons. The van der Waals surface area contributed by atoms with Crippen molar-refractivity contribution in [3.8, 4) is 6.07 Å². The Hall–Kier alpha value is -2.05. The first-order valence-corrected chi connectivity index (χ1v) is 6.08. The molecule has 3 nitrogen and oxygen atoms in total. The van der Waals surface area contributed by atoms with Crippen LogP contribution in [0.15, 0.2) is 42.6 Å². The van der Waals surface area contributed by atoms with Gasteiger partial charge in [-0.2, -0.15) is 5.26 Å². The highest BCUT2D eigenvalue weighted by atomic mass is 15.0. The molecule has 1 unspecified atom stereocenters. The summed E-state index contributed by atoms with van der Waals surface area (Å²) in [6, 6.07) is 14.2. The standard InChI is InChI=1S/C15H17N3/c1-12(17)9-15-7-4-8-18(15)11-14-6-3-2-5-13(14)10-16/h2-8,12H,9,11,17H2,1H3. The van der Waals surface area contributed by atoms with Crippen molar-refractivity contribution in [3.05, 3.63) is 59.4 Å². The average molecular weight is 239 g/mol. The Kier molecular flexibility index (Phi) is 3.81. The van der Waals surface area contributed by atoms with Gasteiger partial charge in [-0.1, -0.05) is 18.2 Å². The van der Waals surface area contributed by atoms with E-state index in [2.05, 4.69) is 16.7 Å². The molecular weight excluding hydrogens is 222 g/mol. The molecule has 3 heteroatoms. The Morgan fingerprint density at radius 3 is 2.78 bits per heavy atom. The van der Waals surface area contributed by atoms with Crippen LogP contribution in [0.3, 0.4) is 0 Å². The molecule has 0 amide bonds. The van der Waals surface area contributed by atoms with Crippen LogP contribution in [-0.2, 0) is 13.0 Å². The number of benzene rings is 1. The molecule has 0 saturated heterocycles. The lowest BCUT2D eigenvalue weighted by molar-refractivity contribution is 0.666. The van der Waals surface area contributed by atoms with E-state index in [1.807, 2.05) is 43.5 Å². The van der Waals surface area contributed by atoms with Crippen molar-refractivity contribution in [2.75, 3.05) is 0 Å². The first kappa shape index (κ1) is 12.4. The molecule has 0 saturated carbocycles. The number of hydrogen-bond donors (Lipinski definition) is 1. The van der Waals surface area contributed by atoms with Crippen molar-refractivity contribution in [2.45, 2.75) is 25.9 Å². The van der Waals surface area contributed by atoms with Crippen molar-refractivity contribution in [1.29, 1.82) is 5.26 Å². The molecule has 0 fully saturated rings. The topological polar surface area (TPSA) is 54.7 Å². The number of nitrogens with zero attached hydrogens (tertiary/aromatic N) is 2. The minimum Gasteiger partial charge on any atom is -0.347 e. The van der Waals surface area contributed by atoms with Gasteiger partial charge in [-0.3, -0.25) is 0 Å². The van der Waals surface area contributed by atoms with Crippen LogP contribution < -0.4 is 5.73 Å². The Morgan fingerprint density at radius 1 is 1.28 bits per heavy atom. The summed E-state index contributed by atoms with van der Waals surface area (Å²) in [7, 11) is 0.